The molecule has 4 rings (SSSR count). The summed E-state index contributed by atoms with van der Waals surface area (Å²) in [4.78, 5) is 37.9. The van der Waals surface area contributed by atoms with E-state index in [-0.39, 0.29) is 40.0 Å². The number of ketones is 3. The summed E-state index contributed by atoms with van der Waals surface area (Å²) in [5.41, 5.74) is 0.295. The maximum absolute atomic E-state index is 12.9. The highest BCUT2D eigenvalue weighted by atomic mass is 16.3. The predicted octanol–water partition coefficient (Wildman–Crippen LogP) is 0.628. The van der Waals surface area contributed by atoms with Crippen molar-refractivity contribution in [2.75, 3.05) is 0 Å². The van der Waals surface area contributed by atoms with Crippen LogP contribution in [0.25, 0.3) is 0 Å². The SMILES string of the molecule is O=C1c2ccc3c(c2C(=O)c2cccc(O)c21)C(=O)C(O)C(O)C3. The summed E-state index contributed by atoms with van der Waals surface area (Å²) in [6.07, 6.45) is -2.85. The van der Waals surface area contributed by atoms with Gasteiger partial charge >= 0.3 is 0 Å². The summed E-state index contributed by atoms with van der Waals surface area (Å²) in [6, 6.07) is 7.09. The van der Waals surface area contributed by atoms with Crippen LogP contribution in [-0.4, -0.2) is 44.9 Å². The zero-order valence-corrected chi connectivity index (χ0v) is 12.3. The first-order valence-electron chi connectivity index (χ1n) is 7.39. The predicted molar refractivity (Wildman–Crippen MR) is 81.5 cm³/mol. The number of hydrogen-bond acceptors (Lipinski definition) is 6. The Balaban J connectivity index is 2.03. The Kier molecular flexibility index (Phi) is 2.97. The first-order chi connectivity index (χ1) is 11.4. The van der Waals surface area contributed by atoms with Crippen LogP contribution < -0.4 is 0 Å². The lowest BCUT2D eigenvalue weighted by atomic mass is 9.75. The number of fused-ring (bicyclic) bond motifs is 4. The molecule has 0 fully saturated rings. The highest BCUT2D eigenvalue weighted by Crippen LogP contribution is 2.37. The number of rotatable bonds is 0. The molecule has 0 amide bonds. The Morgan fingerprint density at radius 3 is 2.25 bits per heavy atom. The molecule has 0 heterocycles. The minimum Gasteiger partial charge on any atom is -0.507 e. The van der Waals surface area contributed by atoms with E-state index in [0.29, 0.717) is 5.56 Å². The second-order valence-electron chi connectivity index (χ2n) is 5.96. The Labute approximate surface area is 136 Å². The minimum absolute atomic E-state index is 0.0161. The van der Waals surface area contributed by atoms with Crippen LogP contribution in [0.2, 0.25) is 0 Å². The highest BCUT2D eigenvalue weighted by Gasteiger charge is 2.41. The van der Waals surface area contributed by atoms with Gasteiger partial charge in [0.2, 0.25) is 0 Å². The van der Waals surface area contributed by atoms with Gasteiger partial charge in [-0.25, -0.2) is 0 Å². The Bertz CT molecular complexity index is 943. The maximum atomic E-state index is 12.9. The first-order valence-corrected chi connectivity index (χ1v) is 7.39. The standard InChI is InChI=1S/C18H12O6/c19-10-3-1-2-8-13(10)15(21)9-5-4-7-6-11(20)17(23)18(24)12(7)14(9)16(8)22/h1-5,11,17,19-20,23H,6H2. The van der Waals surface area contributed by atoms with E-state index in [4.69, 9.17) is 0 Å². The van der Waals surface area contributed by atoms with Crippen LogP contribution >= 0.6 is 0 Å². The second kappa shape index (κ2) is 4.83. The number of Topliss-reactive ketones (excluding diaryl/α,β-unsaturated/α-hetero) is 1. The van der Waals surface area contributed by atoms with Gasteiger partial charge in [-0.2, -0.15) is 0 Å². The molecule has 2 aliphatic carbocycles. The number of aliphatic hydroxyl groups excluding tert-OH is 2. The fourth-order valence-electron chi connectivity index (χ4n) is 3.42. The van der Waals surface area contributed by atoms with Crippen LogP contribution in [0.1, 0.15) is 47.8 Å². The lowest BCUT2D eigenvalue weighted by molar-refractivity contribution is 0.0171. The lowest BCUT2D eigenvalue weighted by Gasteiger charge is -2.28. The van der Waals surface area contributed by atoms with Crippen LogP contribution in [0, 0.1) is 0 Å². The van der Waals surface area contributed by atoms with Crippen molar-refractivity contribution < 1.29 is 29.7 Å². The number of carbonyl (C=O) groups excluding carboxylic acids is 3. The molecule has 0 aliphatic heterocycles. The highest BCUT2D eigenvalue weighted by molar-refractivity contribution is 6.32. The van der Waals surface area contributed by atoms with E-state index < -0.39 is 29.6 Å². The average Bonchev–Trinajstić information content (AvgIpc) is 2.56. The smallest absolute Gasteiger partial charge is 0.198 e. The summed E-state index contributed by atoms with van der Waals surface area (Å²) >= 11 is 0. The van der Waals surface area contributed by atoms with Crippen molar-refractivity contribution in [1.29, 1.82) is 0 Å². The van der Waals surface area contributed by atoms with Gasteiger partial charge in [-0.3, -0.25) is 14.4 Å². The third-order valence-electron chi connectivity index (χ3n) is 4.59. The summed E-state index contributed by atoms with van der Waals surface area (Å²) in [5, 5.41) is 29.5. The van der Waals surface area contributed by atoms with Gasteiger partial charge in [0.25, 0.3) is 0 Å². The number of hydrogen-bond donors (Lipinski definition) is 3. The van der Waals surface area contributed by atoms with Crippen molar-refractivity contribution in [2.45, 2.75) is 18.6 Å². The van der Waals surface area contributed by atoms with Crippen molar-refractivity contribution in [2.24, 2.45) is 0 Å². The maximum Gasteiger partial charge on any atom is 0.198 e. The number of phenols is 1. The molecule has 120 valence electrons. The molecule has 3 N–H and O–H groups in total. The van der Waals surface area contributed by atoms with Crippen LogP contribution in [0.5, 0.6) is 5.75 Å². The number of carbonyl (C=O) groups is 3. The summed E-state index contributed by atoms with van der Waals surface area (Å²) in [7, 11) is 0. The van der Waals surface area contributed by atoms with Gasteiger partial charge in [-0.05, 0) is 17.7 Å². The Morgan fingerprint density at radius 1 is 0.833 bits per heavy atom. The molecule has 2 atom stereocenters. The molecular formula is C18H12O6. The molecular weight excluding hydrogens is 312 g/mol. The van der Waals surface area contributed by atoms with Gasteiger partial charge in [-0.15, -0.1) is 0 Å². The van der Waals surface area contributed by atoms with Crippen LogP contribution in [-0.2, 0) is 6.42 Å². The second-order valence-corrected chi connectivity index (χ2v) is 5.96. The first kappa shape index (κ1) is 14.7. The van der Waals surface area contributed by atoms with Gasteiger partial charge < -0.3 is 15.3 Å². The molecule has 0 saturated carbocycles. The van der Waals surface area contributed by atoms with E-state index >= 15 is 0 Å². The molecule has 0 saturated heterocycles. The topological polar surface area (TPSA) is 112 Å². The van der Waals surface area contributed by atoms with Gasteiger partial charge in [0.15, 0.2) is 17.3 Å². The molecule has 0 radical (unpaired) electrons. The summed E-state index contributed by atoms with van der Waals surface area (Å²) in [5.74, 6) is -2.17. The molecule has 24 heavy (non-hydrogen) atoms. The fourth-order valence-corrected chi connectivity index (χ4v) is 3.42. The van der Waals surface area contributed by atoms with Crippen molar-refractivity contribution in [3.63, 3.8) is 0 Å². The quantitative estimate of drug-likeness (QED) is 0.559. The molecule has 6 nitrogen and oxygen atoms in total. The summed E-state index contributed by atoms with van der Waals surface area (Å²) in [6.45, 7) is 0. The zero-order chi connectivity index (χ0) is 17.2. The normalized spacial score (nSPS) is 22.0. The third kappa shape index (κ3) is 1.75. The summed E-state index contributed by atoms with van der Waals surface area (Å²) < 4.78 is 0. The number of benzene rings is 2. The molecule has 0 spiro atoms. The van der Waals surface area contributed by atoms with Gasteiger partial charge in [0.1, 0.15) is 11.9 Å². The van der Waals surface area contributed by atoms with E-state index in [9.17, 15) is 29.7 Å². The van der Waals surface area contributed by atoms with Crippen molar-refractivity contribution >= 4 is 17.3 Å². The number of aliphatic hydroxyl groups is 2. The van der Waals surface area contributed by atoms with Crippen molar-refractivity contribution in [1.82, 2.24) is 0 Å². The molecule has 2 aromatic rings. The monoisotopic (exact) mass is 324 g/mol. The van der Waals surface area contributed by atoms with Crippen molar-refractivity contribution in [3.8, 4) is 5.75 Å². The molecule has 0 bridgehead atoms. The lowest BCUT2D eigenvalue weighted by Crippen LogP contribution is -2.42. The van der Waals surface area contributed by atoms with E-state index in [1.54, 1.807) is 0 Å². The number of aromatic hydroxyl groups is 1. The van der Waals surface area contributed by atoms with E-state index in [1.165, 1.54) is 30.3 Å². The molecule has 6 heteroatoms. The van der Waals surface area contributed by atoms with Gasteiger partial charge in [0, 0.05) is 28.7 Å². The van der Waals surface area contributed by atoms with Crippen LogP contribution in [0.3, 0.4) is 0 Å². The molecule has 2 aromatic carbocycles. The average molecular weight is 324 g/mol. The van der Waals surface area contributed by atoms with Crippen LogP contribution in [0.15, 0.2) is 30.3 Å². The third-order valence-corrected chi connectivity index (χ3v) is 4.59. The number of phenolic OH excluding ortho intramolecular Hbond substituents is 1. The molecule has 2 aliphatic rings. The molecule has 0 aromatic heterocycles. The largest absolute Gasteiger partial charge is 0.507 e. The Morgan fingerprint density at radius 2 is 1.50 bits per heavy atom. The van der Waals surface area contributed by atoms with Gasteiger partial charge in [-0.1, -0.05) is 18.2 Å². The van der Waals surface area contributed by atoms with Gasteiger partial charge in [0.05, 0.1) is 11.7 Å². The van der Waals surface area contributed by atoms with Crippen LogP contribution in [0.4, 0.5) is 0 Å². The fraction of sp³-hybridized carbons (Fsp3) is 0.167. The van der Waals surface area contributed by atoms with E-state index in [2.05, 4.69) is 0 Å². The van der Waals surface area contributed by atoms with Crippen molar-refractivity contribution in [3.05, 3.63) is 63.7 Å². The minimum atomic E-state index is -1.63. The van der Waals surface area contributed by atoms with E-state index in [0.717, 1.165) is 0 Å². The zero-order valence-electron chi connectivity index (χ0n) is 12.3. The van der Waals surface area contributed by atoms with E-state index in [1.807, 2.05) is 0 Å². The molecule has 2 unspecified atom stereocenters. The Hall–Kier alpha value is -2.83.